The fourth-order valence-electron chi connectivity index (χ4n) is 1.24. The summed E-state index contributed by atoms with van der Waals surface area (Å²) in [5.74, 6) is -0.00333. The predicted molar refractivity (Wildman–Crippen MR) is 56.9 cm³/mol. The highest BCUT2D eigenvalue weighted by atomic mass is 35.5. The molecule has 0 unspecified atom stereocenters. The van der Waals surface area contributed by atoms with Gasteiger partial charge in [-0.1, -0.05) is 31.5 Å². The van der Waals surface area contributed by atoms with Gasteiger partial charge < -0.3 is 4.74 Å². The van der Waals surface area contributed by atoms with Gasteiger partial charge in [0.05, 0.1) is 12.7 Å². The van der Waals surface area contributed by atoms with Crippen molar-refractivity contribution in [1.29, 1.82) is 0 Å². The van der Waals surface area contributed by atoms with Gasteiger partial charge >= 0.3 is 5.97 Å². The van der Waals surface area contributed by atoms with Crippen molar-refractivity contribution >= 4 is 17.6 Å². The lowest BCUT2D eigenvalue weighted by Gasteiger charge is -2.08. The van der Waals surface area contributed by atoms with E-state index in [9.17, 15) is 4.79 Å². The lowest BCUT2D eigenvalue weighted by molar-refractivity contribution is 0.0600. The Hall–Kier alpha value is -1.02. The van der Waals surface area contributed by atoms with Crippen molar-refractivity contribution in [2.45, 2.75) is 19.8 Å². The molecular weight excluding hydrogens is 200 g/mol. The minimum atomic E-state index is -0.359. The number of hydrogen-bond donors (Lipinski definition) is 0. The molecule has 0 aliphatic heterocycles. The van der Waals surface area contributed by atoms with Gasteiger partial charge in [0.1, 0.15) is 0 Å². The van der Waals surface area contributed by atoms with E-state index < -0.39 is 0 Å². The molecule has 0 aromatic heterocycles. The lowest BCUT2D eigenvalue weighted by Crippen LogP contribution is -2.01. The molecule has 1 aromatic rings. The van der Waals surface area contributed by atoms with Crippen molar-refractivity contribution in [2.75, 3.05) is 7.11 Å². The Morgan fingerprint density at radius 1 is 1.43 bits per heavy atom. The molecule has 3 heteroatoms. The van der Waals surface area contributed by atoms with Crippen LogP contribution in [0, 0.1) is 0 Å². The van der Waals surface area contributed by atoms with Crippen LogP contribution in [-0.2, 0) is 4.74 Å². The molecule has 0 radical (unpaired) electrons. The fraction of sp³-hybridized carbons (Fsp3) is 0.364. The number of methoxy groups -OCH3 is 1. The Bertz CT molecular complexity index is 345. The summed E-state index contributed by atoms with van der Waals surface area (Å²) in [4.78, 5) is 11.2. The molecule has 0 N–H and O–H groups in total. The maximum Gasteiger partial charge on any atom is 0.337 e. The Morgan fingerprint density at radius 2 is 2.07 bits per heavy atom. The molecule has 0 aliphatic carbocycles. The van der Waals surface area contributed by atoms with Gasteiger partial charge in [0.25, 0.3) is 0 Å². The van der Waals surface area contributed by atoms with Gasteiger partial charge in [0.15, 0.2) is 0 Å². The van der Waals surface area contributed by atoms with Crippen LogP contribution < -0.4 is 0 Å². The van der Waals surface area contributed by atoms with Crippen LogP contribution in [0.2, 0.25) is 5.02 Å². The SMILES string of the molecule is COC(=O)c1ccc(C(C)C)c(Cl)c1. The number of rotatable bonds is 2. The van der Waals surface area contributed by atoms with Gasteiger partial charge in [0, 0.05) is 5.02 Å². The van der Waals surface area contributed by atoms with E-state index in [4.69, 9.17) is 11.6 Å². The smallest absolute Gasteiger partial charge is 0.337 e. The van der Waals surface area contributed by atoms with Crippen LogP contribution in [0.25, 0.3) is 0 Å². The molecule has 0 atom stereocenters. The van der Waals surface area contributed by atoms with Crippen molar-refractivity contribution in [3.05, 3.63) is 34.3 Å². The number of esters is 1. The molecule has 14 heavy (non-hydrogen) atoms. The second-order valence-corrected chi connectivity index (χ2v) is 3.79. The van der Waals surface area contributed by atoms with Crippen molar-refractivity contribution in [2.24, 2.45) is 0 Å². The minimum absolute atomic E-state index is 0.356. The second-order valence-electron chi connectivity index (χ2n) is 3.38. The number of halogens is 1. The molecule has 0 saturated heterocycles. The highest BCUT2D eigenvalue weighted by Crippen LogP contribution is 2.25. The summed E-state index contributed by atoms with van der Waals surface area (Å²) in [6.45, 7) is 4.11. The van der Waals surface area contributed by atoms with Crippen LogP contribution in [0.15, 0.2) is 18.2 Å². The summed E-state index contributed by atoms with van der Waals surface area (Å²) >= 11 is 6.02. The maximum absolute atomic E-state index is 11.2. The largest absolute Gasteiger partial charge is 0.465 e. The van der Waals surface area contributed by atoms with Gasteiger partial charge in [-0.15, -0.1) is 0 Å². The fourth-order valence-corrected chi connectivity index (χ4v) is 1.64. The van der Waals surface area contributed by atoms with Crippen LogP contribution in [0.5, 0.6) is 0 Å². The molecule has 0 amide bonds. The summed E-state index contributed by atoms with van der Waals surface area (Å²) in [5.41, 5.74) is 1.53. The number of carbonyl (C=O) groups is 1. The normalized spacial score (nSPS) is 10.4. The lowest BCUT2D eigenvalue weighted by atomic mass is 10.0. The first-order valence-electron chi connectivity index (χ1n) is 4.44. The van der Waals surface area contributed by atoms with Crippen molar-refractivity contribution in [1.82, 2.24) is 0 Å². The third kappa shape index (κ3) is 2.26. The van der Waals surface area contributed by atoms with Crippen LogP contribution in [0.3, 0.4) is 0 Å². The zero-order valence-electron chi connectivity index (χ0n) is 8.50. The molecule has 0 saturated carbocycles. The second kappa shape index (κ2) is 4.47. The highest BCUT2D eigenvalue weighted by molar-refractivity contribution is 6.31. The summed E-state index contributed by atoms with van der Waals surface area (Å²) in [5, 5.41) is 0.614. The average molecular weight is 213 g/mol. The van der Waals surface area contributed by atoms with Gasteiger partial charge in [0.2, 0.25) is 0 Å². The zero-order chi connectivity index (χ0) is 10.7. The standard InChI is InChI=1S/C11H13ClO2/c1-7(2)9-5-4-8(6-10(9)12)11(13)14-3/h4-7H,1-3H3. The number of benzene rings is 1. The summed E-state index contributed by atoms with van der Waals surface area (Å²) in [7, 11) is 1.35. The third-order valence-electron chi connectivity index (χ3n) is 2.04. The Balaban J connectivity index is 3.06. The third-order valence-corrected chi connectivity index (χ3v) is 2.37. The van der Waals surface area contributed by atoms with E-state index in [-0.39, 0.29) is 5.97 Å². The number of hydrogen-bond acceptors (Lipinski definition) is 2. The van der Waals surface area contributed by atoms with Gasteiger partial charge in [-0.05, 0) is 23.6 Å². The van der Waals surface area contributed by atoms with E-state index >= 15 is 0 Å². The Morgan fingerprint density at radius 3 is 2.50 bits per heavy atom. The Labute approximate surface area is 88.8 Å². The molecule has 2 nitrogen and oxygen atoms in total. The Kier molecular flexibility index (Phi) is 3.53. The molecule has 0 aliphatic rings. The van der Waals surface area contributed by atoms with E-state index in [0.29, 0.717) is 16.5 Å². The van der Waals surface area contributed by atoms with Crippen molar-refractivity contribution in [3.63, 3.8) is 0 Å². The number of carbonyl (C=O) groups excluding carboxylic acids is 1. The molecule has 0 bridgehead atoms. The first kappa shape index (κ1) is 11.1. The molecule has 0 spiro atoms. The quantitative estimate of drug-likeness (QED) is 0.704. The maximum atomic E-state index is 11.2. The van der Waals surface area contributed by atoms with E-state index in [0.717, 1.165) is 5.56 Å². The summed E-state index contributed by atoms with van der Waals surface area (Å²) < 4.78 is 4.59. The van der Waals surface area contributed by atoms with Gasteiger partial charge in [-0.3, -0.25) is 0 Å². The van der Waals surface area contributed by atoms with Crippen LogP contribution >= 0.6 is 11.6 Å². The average Bonchev–Trinajstić information content (AvgIpc) is 2.15. The minimum Gasteiger partial charge on any atom is -0.465 e. The first-order valence-corrected chi connectivity index (χ1v) is 4.81. The van der Waals surface area contributed by atoms with E-state index in [2.05, 4.69) is 18.6 Å². The number of ether oxygens (including phenoxy) is 1. The molecule has 1 aromatic carbocycles. The summed E-state index contributed by atoms with van der Waals surface area (Å²) in [6.07, 6.45) is 0. The summed E-state index contributed by atoms with van der Waals surface area (Å²) in [6, 6.07) is 5.23. The van der Waals surface area contributed by atoms with Crippen LogP contribution in [0.1, 0.15) is 35.7 Å². The van der Waals surface area contributed by atoms with Gasteiger partial charge in [-0.25, -0.2) is 4.79 Å². The monoisotopic (exact) mass is 212 g/mol. The van der Waals surface area contributed by atoms with E-state index in [1.165, 1.54) is 7.11 Å². The van der Waals surface area contributed by atoms with E-state index in [1.54, 1.807) is 12.1 Å². The zero-order valence-corrected chi connectivity index (χ0v) is 9.26. The van der Waals surface area contributed by atoms with Crippen LogP contribution in [-0.4, -0.2) is 13.1 Å². The van der Waals surface area contributed by atoms with Crippen molar-refractivity contribution in [3.8, 4) is 0 Å². The van der Waals surface area contributed by atoms with Crippen LogP contribution in [0.4, 0.5) is 0 Å². The molecule has 1 rings (SSSR count). The highest BCUT2D eigenvalue weighted by Gasteiger charge is 2.10. The van der Waals surface area contributed by atoms with Crippen molar-refractivity contribution < 1.29 is 9.53 Å². The molecule has 0 heterocycles. The molecular formula is C11H13ClO2. The molecule has 0 fully saturated rings. The predicted octanol–water partition coefficient (Wildman–Crippen LogP) is 3.25. The molecule has 76 valence electrons. The van der Waals surface area contributed by atoms with Gasteiger partial charge in [-0.2, -0.15) is 0 Å². The topological polar surface area (TPSA) is 26.3 Å². The first-order chi connectivity index (χ1) is 6.56. The van der Waals surface area contributed by atoms with E-state index in [1.807, 2.05) is 6.07 Å².